The largest absolute Gasteiger partial charge is 0.322 e. The summed E-state index contributed by atoms with van der Waals surface area (Å²) < 4.78 is 0. The standard InChI is InChI=1S/C22H19N3O5/c26-20(13-6-2-1-3-7-13)19-18-17(16-10-5-11-23(16)19)21(27)24(22(18)28)14-8-4-9-15(12-14)25(29)30/h1-4,6-9,12,16-19H,5,10-11H2/p+1/t16-,17-,18-,19-/m1/s1. The van der Waals surface area contributed by atoms with E-state index in [2.05, 4.69) is 0 Å². The van der Waals surface area contributed by atoms with Crippen molar-refractivity contribution < 1.29 is 24.2 Å². The number of carbonyl (C=O) groups is 3. The number of quaternary nitrogens is 1. The van der Waals surface area contributed by atoms with Gasteiger partial charge in [-0.3, -0.25) is 24.5 Å². The monoisotopic (exact) mass is 406 g/mol. The fourth-order valence-electron chi connectivity index (χ4n) is 5.52. The van der Waals surface area contributed by atoms with Gasteiger partial charge < -0.3 is 4.90 Å². The van der Waals surface area contributed by atoms with Gasteiger partial charge in [0.05, 0.1) is 17.2 Å². The van der Waals surface area contributed by atoms with Gasteiger partial charge in [-0.1, -0.05) is 36.4 Å². The zero-order chi connectivity index (χ0) is 21.0. The zero-order valence-corrected chi connectivity index (χ0v) is 16.1. The molecule has 2 amide bonds. The van der Waals surface area contributed by atoms with Crippen LogP contribution >= 0.6 is 0 Å². The van der Waals surface area contributed by atoms with Crippen molar-refractivity contribution in [2.24, 2.45) is 11.8 Å². The smallest absolute Gasteiger partial charge is 0.271 e. The van der Waals surface area contributed by atoms with Crippen LogP contribution in [0.5, 0.6) is 0 Å². The molecule has 8 nitrogen and oxygen atoms in total. The predicted molar refractivity (Wildman–Crippen MR) is 106 cm³/mol. The molecule has 8 heteroatoms. The molecule has 0 aliphatic carbocycles. The summed E-state index contributed by atoms with van der Waals surface area (Å²) in [5.74, 6) is -2.19. The number of anilines is 1. The Morgan fingerprint density at radius 1 is 1.03 bits per heavy atom. The lowest BCUT2D eigenvalue weighted by atomic mass is 9.85. The Labute approximate surface area is 172 Å². The number of carbonyl (C=O) groups excluding carboxylic acids is 3. The number of benzene rings is 2. The molecule has 30 heavy (non-hydrogen) atoms. The number of hydrogen-bond acceptors (Lipinski definition) is 5. The van der Waals surface area contributed by atoms with E-state index in [1.165, 1.54) is 24.3 Å². The van der Waals surface area contributed by atoms with E-state index in [1.54, 1.807) is 24.3 Å². The molecule has 0 bridgehead atoms. The van der Waals surface area contributed by atoms with Crippen LogP contribution in [-0.2, 0) is 9.59 Å². The number of rotatable bonds is 4. The van der Waals surface area contributed by atoms with E-state index < -0.39 is 28.7 Å². The Morgan fingerprint density at radius 3 is 2.50 bits per heavy atom. The van der Waals surface area contributed by atoms with Crippen LogP contribution in [0.1, 0.15) is 23.2 Å². The maximum atomic E-state index is 13.4. The first-order valence-electron chi connectivity index (χ1n) is 10.1. The van der Waals surface area contributed by atoms with Crippen molar-refractivity contribution in [2.45, 2.75) is 24.9 Å². The van der Waals surface area contributed by atoms with Crippen LogP contribution in [0.2, 0.25) is 0 Å². The maximum absolute atomic E-state index is 13.4. The van der Waals surface area contributed by atoms with Gasteiger partial charge in [-0.05, 0) is 6.07 Å². The van der Waals surface area contributed by atoms with E-state index in [1.807, 2.05) is 6.07 Å². The number of fused-ring (bicyclic) bond motifs is 3. The van der Waals surface area contributed by atoms with Crippen LogP contribution < -0.4 is 9.80 Å². The molecular weight excluding hydrogens is 386 g/mol. The van der Waals surface area contributed by atoms with Crippen molar-refractivity contribution in [2.75, 3.05) is 11.4 Å². The van der Waals surface area contributed by atoms with Crippen molar-refractivity contribution in [3.8, 4) is 0 Å². The normalized spacial score (nSPS) is 29.7. The second-order valence-corrected chi connectivity index (χ2v) is 8.12. The maximum Gasteiger partial charge on any atom is 0.271 e. The van der Waals surface area contributed by atoms with Crippen LogP contribution in [0.3, 0.4) is 0 Å². The number of nitrogens with one attached hydrogen (secondary N) is 1. The molecule has 0 spiro atoms. The number of imide groups is 1. The average molecular weight is 406 g/mol. The Hall–Kier alpha value is -3.39. The average Bonchev–Trinajstić information content (AvgIpc) is 3.40. The van der Waals surface area contributed by atoms with Gasteiger partial charge in [0.25, 0.3) is 5.69 Å². The number of nitro groups is 1. The van der Waals surface area contributed by atoms with Crippen molar-refractivity contribution in [3.63, 3.8) is 0 Å². The molecule has 2 aromatic rings. The predicted octanol–water partition coefficient (Wildman–Crippen LogP) is 1.01. The summed E-state index contributed by atoms with van der Waals surface area (Å²) in [5, 5.41) is 11.1. The molecule has 0 aromatic heterocycles. The second-order valence-electron chi connectivity index (χ2n) is 8.12. The quantitative estimate of drug-likeness (QED) is 0.353. The minimum atomic E-state index is -0.732. The Bertz CT molecular complexity index is 1070. The van der Waals surface area contributed by atoms with Gasteiger partial charge in [0.1, 0.15) is 17.9 Å². The van der Waals surface area contributed by atoms with E-state index in [-0.39, 0.29) is 29.1 Å². The molecule has 0 radical (unpaired) electrons. The molecule has 1 N–H and O–H groups in total. The molecule has 0 saturated carbocycles. The SMILES string of the molecule is O=C(c1ccccc1)[C@H]1[C@@H]2C(=O)N(c3cccc([N+](=O)[O-])c3)C(=O)[C@@H]2[C@H]2CCC[NH+]21. The summed E-state index contributed by atoms with van der Waals surface area (Å²) >= 11 is 0. The number of hydrogen-bond donors (Lipinski definition) is 1. The molecule has 3 heterocycles. The molecule has 1 unspecified atom stereocenters. The molecule has 3 aliphatic heterocycles. The fraction of sp³-hybridized carbons (Fsp3) is 0.318. The summed E-state index contributed by atoms with van der Waals surface area (Å²) in [5.41, 5.74) is 0.546. The second kappa shape index (κ2) is 6.84. The minimum Gasteiger partial charge on any atom is -0.322 e. The summed E-state index contributed by atoms with van der Waals surface area (Å²) in [7, 11) is 0. The van der Waals surface area contributed by atoms with Gasteiger partial charge >= 0.3 is 0 Å². The highest BCUT2D eigenvalue weighted by atomic mass is 16.6. The molecular formula is C22H20N3O5+. The molecule has 5 atom stereocenters. The zero-order valence-electron chi connectivity index (χ0n) is 16.1. The molecule has 5 rings (SSSR count). The number of Topliss-reactive ketones (excluding diaryl/α,β-unsaturated/α-hetero) is 1. The lowest BCUT2D eigenvalue weighted by Crippen LogP contribution is -3.16. The van der Waals surface area contributed by atoms with Crippen molar-refractivity contribution in [1.29, 1.82) is 0 Å². The van der Waals surface area contributed by atoms with E-state index in [0.717, 1.165) is 29.2 Å². The Kier molecular flexibility index (Phi) is 4.25. The van der Waals surface area contributed by atoms with Crippen LogP contribution in [-0.4, -0.2) is 41.1 Å². The highest BCUT2D eigenvalue weighted by molar-refractivity contribution is 6.24. The fourth-order valence-corrected chi connectivity index (χ4v) is 5.52. The summed E-state index contributed by atoms with van der Waals surface area (Å²) in [6, 6.07) is 13.7. The van der Waals surface area contributed by atoms with Crippen molar-refractivity contribution in [1.82, 2.24) is 0 Å². The summed E-state index contributed by atoms with van der Waals surface area (Å²) in [4.78, 5) is 52.8. The lowest BCUT2D eigenvalue weighted by molar-refractivity contribution is -0.915. The highest BCUT2D eigenvalue weighted by Crippen LogP contribution is 2.40. The number of non-ortho nitro benzene ring substituents is 1. The first-order chi connectivity index (χ1) is 14.5. The molecule has 2 aromatic carbocycles. The van der Waals surface area contributed by atoms with Gasteiger partial charge in [0, 0.05) is 30.5 Å². The van der Waals surface area contributed by atoms with Crippen LogP contribution in [0.4, 0.5) is 11.4 Å². The van der Waals surface area contributed by atoms with Gasteiger partial charge in [0.2, 0.25) is 17.6 Å². The molecule has 3 aliphatic rings. The summed E-state index contributed by atoms with van der Waals surface area (Å²) in [6.07, 6.45) is 1.69. The third kappa shape index (κ3) is 2.60. The van der Waals surface area contributed by atoms with E-state index in [4.69, 9.17) is 0 Å². The van der Waals surface area contributed by atoms with Gasteiger partial charge in [-0.25, -0.2) is 4.90 Å². The molecule has 3 saturated heterocycles. The van der Waals surface area contributed by atoms with Gasteiger partial charge in [0.15, 0.2) is 6.04 Å². The molecule has 3 fully saturated rings. The first kappa shape index (κ1) is 18.6. The lowest BCUT2D eigenvalue weighted by Gasteiger charge is -2.25. The minimum absolute atomic E-state index is 0.0761. The van der Waals surface area contributed by atoms with Crippen molar-refractivity contribution in [3.05, 3.63) is 70.3 Å². The molecule has 152 valence electrons. The van der Waals surface area contributed by atoms with Crippen LogP contribution in [0, 0.1) is 22.0 Å². The van der Waals surface area contributed by atoms with Crippen LogP contribution in [0.25, 0.3) is 0 Å². The van der Waals surface area contributed by atoms with Crippen LogP contribution in [0.15, 0.2) is 54.6 Å². The van der Waals surface area contributed by atoms with E-state index >= 15 is 0 Å². The summed E-state index contributed by atoms with van der Waals surface area (Å²) in [6.45, 7) is 0.762. The van der Waals surface area contributed by atoms with Gasteiger partial charge in [-0.2, -0.15) is 0 Å². The van der Waals surface area contributed by atoms with Crippen molar-refractivity contribution >= 4 is 29.0 Å². The number of nitro benzene ring substituents is 1. The number of nitrogens with zero attached hydrogens (tertiary/aromatic N) is 2. The van der Waals surface area contributed by atoms with E-state index in [0.29, 0.717) is 5.56 Å². The number of ketones is 1. The third-order valence-electron chi connectivity index (χ3n) is 6.69. The third-order valence-corrected chi connectivity index (χ3v) is 6.69. The van der Waals surface area contributed by atoms with Gasteiger partial charge in [-0.15, -0.1) is 0 Å². The Morgan fingerprint density at radius 2 is 1.77 bits per heavy atom. The Balaban J connectivity index is 1.55. The topological polar surface area (TPSA) is 102 Å². The number of amides is 2. The first-order valence-corrected chi connectivity index (χ1v) is 10.1. The van der Waals surface area contributed by atoms with E-state index in [9.17, 15) is 24.5 Å². The highest BCUT2D eigenvalue weighted by Gasteiger charge is 2.68.